The minimum Gasteiger partial charge on any atom is -0.473 e. The van der Waals surface area contributed by atoms with Gasteiger partial charge in [0.25, 0.3) is 0 Å². The van der Waals surface area contributed by atoms with Gasteiger partial charge in [-0.25, -0.2) is 9.59 Å². The minimum absolute atomic E-state index is 0.562. The molecule has 0 atom stereocenters. The molecule has 0 radical (unpaired) electrons. The maximum absolute atomic E-state index is 9.81. The molecule has 0 aliphatic rings. The Bertz CT molecular complexity index is 205. The number of rotatable bonds is 0. The fourth-order valence-electron chi connectivity index (χ4n) is 0.202. The molecule has 0 spiro atoms. The number of ether oxygens (including phenoxy) is 1. The van der Waals surface area contributed by atoms with Crippen LogP contribution in [-0.2, 0) is 23.9 Å². The van der Waals surface area contributed by atoms with Crippen LogP contribution in [0.4, 0.5) is 0 Å². The van der Waals surface area contributed by atoms with Crippen molar-refractivity contribution in [3.8, 4) is 0 Å². The van der Waals surface area contributed by atoms with Crippen molar-refractivity contribution >= 4 is 23.9 Å². The van der Waals surface area contributed by atoms with E-state index >= 15 is 0 Å². The van der Waals surface area contributed by atoms with E-state index in [4.69, 9.17) is 19.8 Å². The molecule has 0 fully saturated rings. The number of hydrogen-bond acceptors (Lipinski definition) is 5. The van der Waals surface area contributed by atoms with Gasteiger partial charge in [0.1, 0.15) is 0 Å². The molecular weight excluding hydrogens is 184 g/mol. The Morgan fingerprint density at radius 3 is 1.08 bits per heavy atom. The lowest BCUT2D eigenvalue weighted by Crippen LogP contribution is -2.09. The predicted octanol–water partition coefficient (Wildman–Crippen LogP) is -0.748. The van der Waals surface area contributed by atoms with Crippen molar-refractivity contribution in [3.63, 3.8) is 0 Å². The molecule has 0 amide bonds. The van der Waals surface area contributed by atoms with Crippen molar-refractivity contribution in [1.29, 1.82) is 0 Å². The Kier molecular flexibility index (Phi) is 7.11. The summed E-state index contributed by atoms with van der Waals surface area (Å²) >= 11 is 0. The molecule has 0 unspecified atom stereocenters. The second-order valence-electron chi connectivity index (χ2n) is 1.70. The highest BCUT2D eigenvalue weighted by molar-refractivity contribution is 6.27. The Balaban J connectivity index is 0. The van der Waals surface area contributed by atoms with Crippen molar-refractivity contribution in [2.24, 2.45) is 0 Å². The van der Waals surface area contributed by atoms with Crippen molar-refractivity contribution in [2.45, 2.75) is 13.8 Å². The van der Waals surface area contributed by atoms with E-state index in [1.54, 1.807) is 0 Å². The first kappa shape index (κ1) is 13.7. The maximum Gasteiger partial charge on any atom is 0.414 e. The van der Waals surface area contributed by atoms with Gasteiger partial charge in [0, 0.05) is 13.8 Å². The molecule has 2 N–H and O–H groups in total. The molecule has 0 aromatic carbocycles. The molecule has 0 aliphatic carbocycles. The smallest absolute Gasteiger partial charge is 0.414 e. The Morgan fingerprint density at radius 1 is 0.846 bits per heavy atom. The third-order valence-corrected chi connectivity index (χ3v) is 0.470. The zero-order valence-electron chi connectivity index (χ0n) is 6.94. The van der Waals surface area contributed by atoms with Crippen LogP contribution in [-0.4, -0.2) is 34.1 Å². The molecule has 0 saturated carbocycles. The second kappa shape index (κ2) is 6.77. The third-order valence-electron chi connectivity index (χ3n) is 0.470. The monoisotopic (exact) mass is 192 g/mol. The van der Waals surface area contributed by atoms with E-state index in [-0.39, 0.29) is 0 Å². The Morgan fingerprint density at radius 2 is 1.08 bits per heavy atom. The molecule has 13 heavy (non-hydrogen) atoms. The molecule has 7 nitrogen and oxygen atoms in total. The van der Waals surface area contributed by atoms with Crippen molar-refractivity contribution in [1.82, 2.24) is 0 Å². The average molecular weight is 192 g/mol. The quantitative estimate of drug-likeness (QED) is 0.294. The van der Waals surface area contributed by atoms with Crippen LogP contribution in [0.25, 0.3) is 0 Å². The van der Waals surface area contributed by atoms with E-state index in [2.05, 4.69) is 4.74 Å². The van der Waals surface area contributed by atoms with Gasteiger partial charge in [-0.1, -0.05) is 0 Å². The first-order valence-electron chi connectivity index (χ1n) is 2.92. The van der Waals surface area contributed by atoms with Crippen molar-refractivity contribution in [3.05, 3.63) is 0 Å². The number of carbonyl (C=O) groups excluding carboxylic acids is 2. The average Bonchev–Trinajstić information content (AvgIpc) is 1.84. The summed E-state index contributed by atoms with van der Waals surface area (Å²) in [6.07, 6.45) is 0. The van der Waals surface area contributed by atoms with Gasteiger partial charge in [0.05, 0.1) is 0 Å². The van der Waals surface area contributed by atoms with Crippen LogP contribution in [0, 0.1) is 0 Å². The van der Waals surface area contributed by atoms with E-state index in [0.717, 1.165) is 0 Å². The predicted molar refractivity (Wildman–Crippen MR) is 37.7 cm³/mol. The van der Waals surface area contributed by atoms with E-state index in [0.29, 0.717) is 0 Å². The van der Waals surface area contributed by atoms with Crippen LogP contribution in [0.2, 0.25) is 0 Å². The third kappa shape index (κ3) is 17.8. The first-order valence-corrected chi connectivity index (χ1v) is 2.92. The summed E-state index contributed by atoms with van der Waals surface area (Å²) in [7, 11) is 0. The van der Waals surface area contributed by atoms with Crippen LogP contribution in [0.5, 0.6) is 0 Å². The van der Waals surface area contributed by atoms with Crippen LogP contribution in [0.1, 0.15) is 13.8 Å². The summed E-state index contributed by atoms with van der Waals surface area (Å²) in [4.78, 5) is 37.8. The van der Waals surface area contributed by atoms with E-state index in [9.17, 15) is 9.59 Å². The highest BCUT2D eigenvalue weighted by Crippen LogP contribution is 1.73. The van der Waals surface area contributed by atoms with E-state index in [1.165, 1.54) is 13.8 Å². The lowest BCUT2D eigenvalue weighted by atomic mass is 10.7. The van der Waals surface area contributed by atoms with Crippen LogP contribution >= 0.6 is 0 Å². The summed E-state index contributed by atoms with van der Waals surface area (Å²) in [5, 5.41) is 14.8. The van der Waals surface area contributed by atoms with Crippen molar-refractivity contribution < 1.29 is 34.1 Å². The molecule has 0 aliphatic heterocycles. The van der Waals surface area contributed by atoms with Crippen LogP contribution in [0.15, 0.2) is 0 Å². The lowest BCUT2D eigenvalue weighted by molar-refractivity contribution is -0.159. The fourth-order valence-corrected chi connectivity index (χ4v) is 0.202. The van der Waals surface area contributed by atoms with E-state index in [1.807, 2.05) is 0 Å². The molecule has 0 heterocycles. The molecule has 0 saturated heterocycles. The molecule has 74 valence electrons. The summed E-state index contributed by atoms with van der Waals surface area (Å²) < 4.78 is 3.97. The number of aliphatic carboxylic acids is 2. The largest absolute Gasteiger partial charge is 0.473 e. The molecule has 7 heteroatoms. The molecule has 0 bridgehead atoms. The van der Waals surface area contributed by atoms with Gasteiger partial charge in [-0.3, -0.25) is 9.59 Å². The van der Waals surface area contributed by atoms with Gasteiger partial charge in [-0.2, -0.15) is 0 Å². The fraction of sp³-hybridized carbons (Fsp3) is 0.333. The minimum atomic E-state index is -1.82. The zero-order valence-corrected chi connectivity index (χ0v) is 6.94. The lowest BCUT2D eigenvalue weighted by Gasteiger charge is -1.87. The topological polar surface area (TPSA) is 118 Å². The number of carboxylic acids is 2. The number of carboxylic acid groups (broad SMARTS) is 2. The Labute approximate surface area is 72.9 Å². The van der Waals surface area contributed by atoms with Gasteiger partial charge < -0.3 is 14.9 Å². The van der Waals surface area contributed by atoms with Crippen molar-refractivity contribution in [2.75, 3.05) is 0 Å². The van der Waals surface area contributed by atoms with Gasteiger partial charge >= 0.3 is 23.9 Å². The van der Waals surface area contributed by atoms with Crippen LogP contribution in [0.3, 0.4) is 0 Å². The zero-order chi connectivity index (χ0) is 11.0. The molecular formula is C6H8O7. The molecule has 0 aromatic rings. The highest BCUT2D eigenvalue weighted by Gasteiger charge is 2.04. The summed E-state index contributed by atoms with van der Waals surface area (Å²) in [6, 6.07) is 0. The number of hydrogen-bond donors (Lipinski definition) is 2. The second-order valence-corrected chi connectivity index (χ2v) is 1.70. The van der Waals surface area contributed by atoms with E-state index < -0.39 is 23.9 Å². The molecule has 0 aromatic heterocycles. The number of carbonyl (C=O) groups is 4. The molecule has 0 rings (SSSR count). The SMILES string of the molecule is CC(=O)OC(C)=O.O=C(O)C(=O)O. The van der Waals surface area contributed by atoms with Gasteiger partial charge in [0.15, 0.2) is 0 Å². The first-order chi connectivity index (χ1) is 5.77. The van der Waals surface area contributed by atoms with Gasteiger partial charge in [-0.05, 0) is 0 Å². The maximum atomic E-state index is 9.81. The Hall–Kier alpha value is -1.92. The standard InChI is InChI=1S/C4H6O3.C2H2O4/c1-3(5)7-4(2)6;3-1(4)2(5)6/h1-2H3;(H,3,4)(H,5,6). The summed E-state index contributed by atoms with van der Waals surface area (Å²) in [5.74, 6) is -4.77. The number of esters is 2. The van der Waals surface area contributed by atoms with Crippen LogP contribution < -0.4 is 0 Å². The highest BCUT2D eigenvalue weighted by atomic mass is 16.6. The summed E-state index contributed by atoms with van der Waals surface area (Å²) in [5.41, 5.74) is 0. The normalized spacial score (nSPS) is 7.54. The van der Waals surface area contributed by atoms with Gasteiger partial charge in [-0.15, -0.1) is 0 Å². The van der Waals surface area contributed by atoms with Gasteiger partial charge in [0.2, 0.25) is 0 Å². The summed E-state index contributed by atoms with van der Waals surface area (Å²) in [6.45, 7) is 2.36.